The minimum absolute atomic E-state index is 0.148. The first-order valence-corrected chi connectivity index (χ1v) is 7.32. The lowest BCUT2D eigenvalue weighted by atomic mass is 10.3. The van der Waals surface area contributed by atoms with Crippen molar-refractivity contribution in [3.63, 3.8) is 0 Å². The monoisotopic (exact) mass is 280 g/mol. The van der Waals surface area contributed by atoms with Crippen molar-refractivity contribution in [2.75, 3.05) is 25.0 Å². The second-order valence-corrected chi connectivity index (χ2v) is 5.86. The van der Waals surface area contributed by atoms with E-state index in [4.69, 9.17) is 0 Å². The molecule has 0 aliphatic rings. The van der Waals surface area contributed by atoms with Gasteiger partial charge in [-0.05, 0) is 12.1 Å². The molecule has 0 fully saturated rings. The summed E-state index contributed by atoms with van der Waals surface area (Å²) in [5.41, 5.74) is 1.05. The molecule has 0 amide bonds. The Labute approximate surface area is 112 Å². The number of aromatic nitrogens is 2. The first-order valence-electron chi connectivity index (χ1n) is 5.84. The number of para-hydroxylation sites is 1. The summed E-state index contributed by atoms with van der Waals surface area (Å²) in [6.07, 6.45) is 2.63. The van der Waals surface area contributed by atoms with Gasteiger partial charge in [0.15, 0.2) is 0 Å². The van der Waals surface area contributed by atoms with Crippen LogP contribution in [0, 0.1) is 0 Å². The van der Waals surface area contributed by atoms with Gasteiger partial charge in [0.1, 0.15) is 4.90 Å². The van der Waals surface area contributed by atoms with Crippen LogP contribution in [0.5, 0.6) is 0 Å². The lowest BCUT2D eigenvalue weighted by Gasteiger charge is -2.19. The highest BCUT2D eigenvalue weighted by Gasteiger charge is 2.14. The van der Waals surface area contributed by atoms with Crippen LogP contribution in [0.2, 0.25) is 0 Å². The molecule has 2 rings (SSSR count). The molecule has 2 N–H and O–H groups in total. The molecule has 0 bridgehead atoms. The molecule has 1 aromatic heterocycles. The van der Waals surface area contributed by atoms with Crippen molar-refractivity contribution in [3.8, 4) is 0 Å². The summed E-state index contributed by atoms with van der Waals surface area (Å²) in [6, 6.07) is 9.79. The summed E-state index contributed by atoms with van der Waals surface area (Å²) in [4.78, 5) is 2.13. The Bertz CT molecular complexity index is 596. The number of rotatable bonds is 6. The van der Waals surface area contributed by atoms with Gasteiger partial charge in [0.25, 0.3) is 0 Å². The highest BCUT2D eigenvalue weighted by atomic mass is 32.2. The molecule has 0 spiro atoms. The lowest BCUT2D eigenvalue weighted by Crippen LogP contribution is -2.32. The van der Waals surface area contributed by atoms with Crippen molar-refractivity contribution >= 4 is 15.7 Å². The van der Waals surface area contributed by atoms with Crippen LogP contribution in [0.25, 0.3) is 0 Å². The van der Waals surface area contributed by atoms with Crippen molar-refractivity contribution in [3.05, 3.63) is 42.7 Å². The summed E-state index contributed by atoms with van der Waals surface area (Å²) < 4.78 is 26.2. The Morgan fingerprint density at radius 1 is 1.32 bits per heavy atom. The number of H-pyrrole nitrogens is 1. The number of nitrogens with one attached hydrogen (secondary N) is 2. The van der Waals surface area contributed by atoms with E-state index in [1.54, 1.807) is 0 Å². The van der Waals surface area contributed by atoms with E-state index >= 15 is 0 Å². The van der Waals surface area contributed by atoms with Gasteiger partial charge in [-0.1, -0.05) is 18.2 Å². The number of benzene rings is 1. The van der Waals surface area contributed by atoms with Crippen LogP contribution in [0.3, 0.4) is 0 Å². The van der Waals surface area contributed by atoms with Gasteiger partial charge in [-0.3, -0.25) is 5.10 Å². The molecular weight excluding hydrogens is 264 g/mol. The first-order chi connectivity index (χ1) is 9.09. The highest BCUT2D eigenvalue weighted by Crippen LogP contribution is 2.10. The molecule has 0 saturated carbocycles. The van der Waals surface area contributed by atoms with Crippen LogP contribution in [-0.2, 0) is 10.0 Å². The van der Waals surface area contributed by atoms with Crippen molar-refractivity contribution in [2.45, 2.75) is 4.90 Å². The summed E-state index contributed by atoms with van der Waals surface area (Å²) in [5, 5.41) is 6.11. The largest absolute Gasteiger partial charge is 0.373 e. The maximum absolute atomic E-state index is 11.8. The fourth-order valence-corrected chi connectivity index (χ4v) is 2.55. The van der Waals surface area contributed by atoms with Crippen LogP contribution >= 0.6 is 0 Å². The molecule has 0 radical (unpaired) electrons. The molecule has 102 valence electrons. The quantitative estimate of drug-likeness (QED) is 0.821. The molecular formula is C12H16N4O2S. The Kier molecular flexibility index (Phi) is 4.18. The lowest BCUT2D eigenvalue weighted by molar-refractivity contribution is 0.581. The van der Waals surface area contributed by atoms with Gasteiger partial charge >= 0.3 is 0 Å². The topological polar surface area (TPSA) is 78.1 Å². The molecule has 1 heterocycles. The van der Waals surface area contributed by atoms with E-state index in [2.05, 4.69) is 14.9 Å². The Morgan fingerprint density at radius 3 is 2.68 bits per heavy atom. The molecule has 19 heavy (non-hydrogen) atoms. The third kappa shape index (κ3) is 3.55. The maximum atomic E-state index is 11.8. The van der Waals surface area contributed by atoms with E-state index < -0.39 is 10.0 Å². The van der Waals surface area contributed by atoms with E-state index in [9.17, 15) is 8.42 Å². The molecule has 0 unspecified atom stereocenters. The fourth-order valence-electron chi connectivity index (χ4n) is 1.63. The van der Waals surface area contributed by atoms with Crippen LogP contribution < -0.4 is 9.62 Å². The van der Waals surface area contributed by atoms with Gasteiger partial charge in [0.05, 0.1) is 6.20 Å². The van der Waals surface area contributed by atoms with Crippen LogP contribution in [-0.4, -0.2) is 38.8 Å². The van der Waals surface area contributed by atoms with Crippen LogP contribution in [0.1, 0.15) is 0 Å². The van der Waals surface area contributed by atoms with Crippen molar-refractivity contribution in [1.82, 2.24) is 14.9 Å². The maximum Gasteiger partial charge on any atom is 0.243 e. The number of likely N-dealkylation sites (N-methyl/N-ethyl adjacent to an activating group) is 1. The number of aromatic amines is 1. The number of anilines is 1. The van der Waals surface area contributed by atoms with Crippen LogP contribution in [0.4, 0.5) is 5.69 Å². The van der Waals surface area contributed by atoms with Crippen molar-refractivity contribution in [1.29, 1.82) is 0 Å². The summed E-state index contributed by atoms with van der Waals surface area (Å²) in [7, 11) is -1.55. The summed E-state index contributed by atoms with van der Waals surface area (Å²) >= 11 is 0. The zero-order chi connectivity index (χ0) is 13.7. The van der Waals surface area contributed by atoms with Gasteiger partial charge in [-0.25, -0.2) is 13.1 Å². The third-order valence-electron chi connectivity index (χ3n) is 2.72. The van der Waals surface area contributed by atoms with E-state index in [-0.39, 0.29) is 4.90 Å². The molecule has 0 aliphatic heterocycles. The minimum atomic E-state index is -3.47. The van der Waals surface area contributed by atoms with Gasteiger partial charge in [-0.15, -0.1) is 0 Å². The predicted octanol–water partition coefficient (Wildman–Crippen LogP) is 0.824. The van der Waals surface area contributed by atoms with Gasteiger partial charge in [-0.2, -0.15) is 5.10 Å². The van der Waals surface area contributed by atoms with Crippen LogP contribution in [0.15, 0.2) is 47.6 Å². The average molecular weight is 280 g/mol. The zero-order valence-electron chi connectivity index (χ0n) is 10.6. The second kappa shape index (κ2) is 5.85. The molecule has 2 aromatic rings. The van der Waals surface area contributed by atoms with Gasteiger partial charge in [0.2, 0.25) is 10.0 Å². The number of hydrogen-bond acceptors (Lipinski definition) is 4. The first kappa shape index (κ1) is 13.6. The van der Waals surface area contributed by atoms with Gasteiger partial charge < -0.3 is 4.90 Å². The Hall–Kier alpha value is -1.86. The average Bonchev–Trinajstić information content (AvgIpc) is 2.94. The standard InChI is InChI=1S/C12H16N4O2S/c1-16(11-5-3-2-4-6-11)8-7-15-19(17,18)12-9-13-14-10-12/h2-6,9-10,15H,7-8H2,1H3,(H,13,14). The summed E-state index contributed by atoms with van der Waals surface area (Å²) in [6.45, 7) is 0.917. The van der Waals surface area contributed by atoms with Crippen molar-refractivity contribution in [2.24, 2.45) is 0 Å². The molecule has 6 nitrogen and oxygen atoms in total. The Balaban J connectivity index is 1.87. The van der Waals surface area contributed by atoms with E-state index in [0.717, 1.165) is 5.69 Å². The number of hydrogen-bond donors (Lipinski definition) is 2. The molecule has 0 saturated heterocycles. The molecule has 1 aromatic carbocycles. The fraction of sp³-hybridized carbons (Fsp3) is 0.250. The SMILES string of the molecule is CN(CCNS(=O)(=O)c1cn[nH]c1)c1ccccc1. The normalized spacial score (nSPS) is 11.4. The third-order valence-corrected chi connectivity index (χ3v) is 4.15. The minimum Gasteiger partial charge on any atom is -0.373 e. The summed E-state index contributed by atoms with van der Waals surface area (Å²) in [5.74, 6) is 0. The van der Waals surface area contributed by atoms with E-state index in [0.29, 0.717) is 13.1 Å². The predicted molar refractivity (Wildman–Crippen MR) is 73.5 cm³/mol. The Morgan fingerprint density at radius 2 is 2.05 bits per heavy atom. The number of sulfonamides is 1. The molecule has 7 heteroatoms. The highest BCUT2D eigenvalue weighted by molar-refractivity contribution is 7.89. The van der Waals surface area contributed by atoms with E-state index in [1.165, 1.54) is 12.4 Å². The van der Waals surface area contributed by atoms with Crippen molar-refractivity contribution < 1.29 is 8.42 Å². The molecule has 0 aliphatic carbocycles. The van der Waals surface area contributed by atoms with E-state index in [1.807, 2.05) is 42.3 Å². The second-order valence-electron chi connectivity index (χ2n) is 4.09. The zero-order valence-corrected chi connectivity index (χ0v) is 11.4. The number of nitrogens with zero attached hydrogens (tertiary/aromatic N) is 2. The van der Waals surface area contributed by atoms with Gasteiger partial charge in [0, 0.05) is 32.0 Å². The smallest absolute Gasteiger partial charge is 0.243 e. The molecule has 0 atom stereocenters.